The highest BCUT2D eigenvalue weighted by atomic mass is 127. The predicted molar refractivity (Wildman–Crippen MR) is 107 cm³/mol. The van der Waals surface area contributed by atoms with E-state index in [-0.39, 0.29) is 34.6 Å². The molecule has 2 fully saturated rings. The molecule has 0 atom stereocenters. The smallest absolute Gasteiger partial charge is 0.219 e. The monoisotopic (exact) mass is 456 g/mol. The van der Waals surface area contributed by atoms with Crippen molar-refractivity contribution in [3.05, 3.63) is 0 Å². The molecule has 0 aromatic heterocycles. The van der Waals surface area contributed by atoms with Crippen molar-refractivity contribution in [2.45, 2.75) is 24.5 Å². The van der Waals surface area contributed by atoms with E-state index >= 15 is 0 Å². The van der Waals surface area contributed by atoms with Gasteiger partial charge in [-0.1, -0.05) is 0 Å². The normalized spacial score (nSPS) is 21.6. The summed E-state index contributed by atoms with van der Waals surface area (Å²) in [4.78, 5) is 20.0. The van der Waals surface area contributed by atoms with Gasteiger partial charge in [-0.05, 0) is 19.1 Å². The van der Waals surface area contributed by atoms with E-state index in [4.69, 9.17) is 4.74 Å². The van der Waals surface area contributed by atoms with Crippen molar-refractivity contribution in [2.75, 3.05) is 59.2 Å². The van der Waals surface area contributed by atoms with E-state index < -0.39 is 0 Å². The zero-order chi connectivity index (χ0) is 16.0. The molecule has 2 aliphatic heterocycles. The summed E-state index contributed by atoms with van der Waals surface area (Å²) in [7, 11) is 1.83. The van der Waals surface area contributed by atoms with Gasteiger partial charge >= 0.3 is 0 Å². The first kappa shape index (κ1) is 20.8. The summed E-state index contributed by atoms with van der Waals surface area (Å²) in [5.41, 5.74) is 0. The quantitative estimate of drug-likeness (QED) is 0.394. The summed E-state index contributed by atoms with van der Waals surface area (Å²) in [6, 6.07) is 0. The second-order valence-electron chi connectivity index (χ2n) is 5.89. The van der Waals surface area contributed by atoms with Gasteiger partial charge in [0.2, 0.25) is 5.91 Å². The minimum Gasteiger partial charge on any atom is -0.381 e. The number of rotatable bonds is 3. The van der Waals surface area contributed by atoms with Crippen molar-refractivity contribution in [1.82, 2.24) is 15.1 Å². The Balaban J connectivity index is 0.00000264. The van der Waals surface area contributed by atoms with Crippen LogP contribution in [0.25, 0.3) is 0 Å². The second kappa shape index (κ2) is 9.93. The molecule has 1 amide bonds. The topological polar surface area (TPSA) is 57.2 Å². The Morgan fingerprint density at radius 3 is 2.26 bits per heavy atom. The molecule has 8 heteroatoms. The SMILES string of the molecule is CN=C(NCC1(SC)CCOCC1)N1CCN(C(C)=O)CC1.I. The molecule has 2 saturated heterocycles. The standard InChI is InChI=1S/C15H28N4O2S.HI/c1-13(20)18-6-8-19(9-7-18)14(16-2)17-12-15(22-3)4-10-21-11-5-15;/h4-12H2,1-3H3,(H,16,17);1H. The molecule has 0 unspecified atom stereocenters. The number of carbonyl (C=O) groups excluding carboxylic acids is 1. The van der Waals surface area contributed by atoms with Crippen LogP contribution in [0.3, 0.4) is 0 Å². The second-order valence-corrected chi connectivity index (χ2v) is 7.17. The third-order valence-electron chi connectivity index (χ3n) is 4.64. The molecule has 2 rings (SSSR count). The number of amides is 1. The minimum absolute atomic E-state index is 0. The molecule has 134 valence electrons. The Morgan fingerprint density at radius 2 is 1.78 bits per heavy atom. The van der Waals surface area contributed by atoms with Crippen LogP contribution in [-0.4, -0.2) is 85.7 Å². The summed E-state index contributed by atoms with van der Waals surface area (Å²) >= 11 is 1.93. The first-order chi connectivity index (χ1) is 10.6. The maximum absolute atomic E-state index is 11.4. The number of hydrogen-bond acceptors (Lipinski definition) is 4. The van der Waals surface area contributed by atoms with E-state index in [1.54, 1.807) is 6.92 Å². The Labute approximate surface area is 160 Å². The van der Waals surface area contributed by atoms with Gasteiger partial charge in [0.15, 0.2) is 5.96 Å². The van der Waals surface area contributed by atoms with Crippen LogP contribution in [0.2, 0.25) is 0 Å². The number of piperazine rings is 1. The zero-order valence-corrected chi connectivity index (χ0v) is 17.5. The number of aliphatic imine (C=N–C) groups is 1. The lowest BCUT2D eigenvalue weighted by atomic mass is 9.99. The predicted octanol–water partition coefficient (Wildman–Crippen LogP) is 1.26. The third-order valence-corrected chi connectivity index (χ3v) is 6.06. The number of nitrogens with zero attached hydrogens (tertiary/aromatic N) is 3. The summed E-state index contributed by atoms with van der Waals surface area (Å²) in [5, 5.41) is 3.54. The van der Waals surface area contributed by atoms with Gasteiger partial charge in [-0.25, -0.2) is 0 Å². The highest BCUT2D eigenvalue weighted by Crippen LogP contribution is 2.33. The molecule has 1 N–H and O–H groups in total. The average molecular weight is 456 g/mol. The first-order valence-corrected chi connectivity index (χ1v) is 9.17. The van der Waals surface area contributed by atoms with Crippen molar-refractivity contribution in [3.8, 4) is 0 Å². The average Bonchev–Trinajstić information content (AvgIpc) is 2.56. The van der Waals surface area contributed by atoms with Gasteiger partial charge in [-0.3, -0.25) is 9.79 Å². The number of thioether (sulfide) groups is 1. The lowest BCUT2D eigenvalue weighted by Gasteiger charge is -2.39. The molecule has 0 aromatic rings. The highest BCUT2D eigenvalue weighted by Gasteiger charge is 2.32. The van der Waals surface area contributed by atoms with E-state index in [9.17, 15) is 4.79 Å². The van der Waals surface area contributed by atoms with E-state index in [2.05, 4.69) is 21.5 Å². The summed E-state index contributed by atoms with van der Waals surface area (Å²) < 4.78 is 5.74. The summed E-state index contributed by atoms with van der Waals surface area (Å²) in [6.45, 7) is 7.47. The molecule has 0 aromatic carbocycles. The lowest BCUT2D eigenvalue weighted by molar-refractivity contribution is -0.130. The number of nitrogens with one attached hydrogen (secondary N) is 1. The largest absolute Gasteiger partial charge is 0.381 e. The number of guanidine groups is 1. The highest BCUT2D eigenvalue weighted by molar-refractivity contribution is 14.0. The van der Waals surface area contributed by atoms with Crippen LogP contribution in [0.1, 0.15) is 19.8 Å². The number of hydrogen-bond donors (Lipinski definition) is 1. The van der Waals surface area contributed by atoms with Crippen molar-refractivity contribution in [2.24, 2.45) is 4.99 Å². The van der Waals surface area contributed by atoms with Crippen LogP contribution in [0.5, 0.6) is 0 Å². The van der Waals surface area contributed by atoms with Gasteiger partial charge < -0.3 is 19.9 Å². The fourth-order valence-electron chi connectivity index (χ4n) is 3.00. The van der Waals surface area contributed by atoms with Crippen molar-refractivity contribution in [3.63, 3.8) is 0 Å². The van der Waals surface area contributed by atoms with Gasteiger partial charge in [0.25, 0.3) is 0 Å². The van der Waals surface area contributed by atoms with E-state index in [1.807, 2.05) is 23.7 Å². The zero-order valence-electron chi connectivity index (χ0n) is 14.3. The maximum atomic E-state index is 11.4. The molecule has 23 heavy (non-hydrogen) atoms. The van der Waals surface area contributed by atoms with Crippen molar-refractivity contribution >= 4 is 47.6 Å². The molecule has 6 nitrogen and oxygen atoms in total. The Morgan fingerprint density at radius 1 is 1.22 bits per heavy atom. The molecule has 2 heterocycles. The van der Waals surface area contributed by atoms with Gasteiger partial charge in [-0.2, -0.15) is 11.8 Å². The Hall–Kier alpha value is -0.220. The fraction of sp³-hybridized carbons (Fsp3) is 0.867. The van der Waals surface area contributed by atoms with Crippen molar-refractivity contribution < 1.29 is 9.53 Å². The molecule has 0 spiro atoms. The van der Waals surface area contributed by atoms with Crippen LogP contribution in [-0.2, 0) is 9.53 Å². The third kappa shape index (κ3) is 5.67. The van der Waals surface area contributed by atoms with E-state index in [1.165, 1.54) is 0 Å². The van der Waals surface area contributed by atoms with E-state index in [0.29, 0.717) is 0 Å². The molecule has 0 aliphatic carbocycles. The molecule has 0 saturated carbocycles. The number of halogens is 1. The maximum Gasteiger partial charge on any atom is 0.219 e. The van der Waals surface area contributed by atoms with E-state index in [0.717, 1.165) is 64.7 Å². The van der Waals surface area contributed by atoms with Crippen molar-refractivity contribution in [1.29, 1.82) is 0 Å². The Kier molecular flexibility index (Phi) is 8.99. The molecule has 2 aliphatic rings. The molecule has 0 radical (unpaired) electrons. The summed E-state index contributed by atoms with van der Waals surface area (Å²) in [6.07, 6.45) is 4.34. The Bertz CT molecular complexity index is 408. The molecular weight excluding hydrogens is 427 g/mol. The van der Waals surface area contributed by atoms with Gasteiger partial charge in [0, 0.05) is 64.7 Å². The lowest BCUT2D eigenvalue weighted by Crippen LogP contribution is -2.55. The van der Waals surface area contributed by atoms with Crippen LogP contribution < -0.4 is 5.32 Å². The van der Waals surface area contributed by atoms with Crippen LogP contribution in [0, 0.1) is 0 Å². The first-order valence-electron chi connectivity index (χ1n) is 7.94. The van der Waals surface area contributed by atoms with Crippen LogP contribution >= 0.6 is 35.7 Å². The number of carbonyl (C=O) groups is 1. The molecule has 0 bridgehead atoms. The van der Waals surface area contributed by atoms with Gasteiger partial charge in [-0.15, -0.1) is 24.0 Å². The fourth-order valence-corrected chi connectivity index (χ4v) is 3.79. The minimum atomic E-state index is 0. The summed E-state index contributed by atoms with van der Waals surface area (Å²) in [5.74, 6) is 1.11. The van der Waals surface area contributed by atoms with Crippen LogP contribution in [0.15, 0.2) is 4.99 Å². The van der Waals surface area contributed by atoms with Gasteiger partial charge in [0.05, 0.1) is 0 Å². The van der Waals surface area contributed by atoms with Gasteiger partial charge in [0.1, 0.15) is 0 Å². The molecular formula is C15H29IN4O2S. The number of ether oxygens (including phenoxy) is 1. The van der Waals surface area contributed by atoms with Crippen LogP contribution in [0.4, 0.5) is 0 Å².